The molecule has 11 heteroatoms. The zero-order valence-corrected chi connectivity index (χ0v) is 15.2. The van der Waals surface area contributed by atoms with E-state index in [0.29, 0.717) is 13.8 Å². The van der Waals surface area contributed by atoms with Crippen LogP contribution in [-0.2, 0) is 23.9 Å². The van der Waals surface area contributed by atoms with Gasteiger partial charge in [-0.15, -0.1) is 0 Å². The Morgan fingerprint density at radius 1 is 1.04 bits per heavy atom. The molecule has 0 aliphatic carbocycles. The van der Waals surface area contributed by atoms with Crippen molar-refractivity contribution in [2.45, 2.75) is 62.9 Å². The number of rotatable bonds is 6. The second-order valence-electron chi connectivity index (χ2n) is 6.08. The summed E-state index contributed by atoms with van der Waals surface area (Å²) in [5, 5.41) is 44.1. The number of aliphatic hydroxyl groups is 4. The van der Waals surface area contributed by atoms with Crippen molar-refractivity contribution >= 4 is 40.5 Å². The molecule has 1 unspecified atom stereocenters. The van der Waals surface area contributed by atoms with Crippen LogP contribution in [0.25, 0.3) is 0 Å². The first-order chi connectivity index (χ1) is 11.7. The predicted molar refractivity (Wildman–Crippen MR) is 87.3 cm³/mol. The van der Waals surface area contributed by atoms with E-state index < -0.39 is 58.4 Å². The van der Waals surface area contributed by atoms with Gasteiger partial charge in [0.2, 0.25) is 11.2 Å². The molecule has 1 rings (SSSR count). The predicted octanol–water partition coefficient (Wildman–Crippen LogP) is -2.28. The van der Waals surface area contributed by atoms with Crippen molar-refractivity contribution in [3.63, 3.8) is 0 Å². The van der Waals surface area contributed by atoms with Crippen LogP contribution in [0.15, 0.2) is 4.99 Å². The molecule has 0 aromatic carbocycles. The third kappa shape index (κ3) is 2.69. The Hall–Kier alpha value is -1.72. The topological polar surface area (TPSA) is 171 Å². The Balaban J connectivity index is 4.00. The average molecular weight is 389 g/mol. The van der Waals surface area contributed by atoms with Crippen molar-refractivity contribution in [3.05, 3.63) is 0 Å². The fourth-order valence-electron chi connectivity index (χ4n) is 3.05. The summed E-state index contributed by atoms with van der Waals surface area (Å²) in [6, 6.07) is 0. The largest absolute Gasteiger partial charge is 0.386 e. The molecule has 1 aliphatic rings. The molecule has 1 heterocycles. The average Bonchev–Trinajstić information content (AvgIpc) is 2.53. The minimum absolute atomic E-state index is 0.690. The number of aliphatic imine (C=N–C) groups is 1. The van der Waals surface area contributed by atoms with E-state index in [0.717, 1.165) is 13.8 Å². The van der Waals surface area contributed by atoms with E-state index in [1.807, 2.05) is 0 Å². The van der Waals surface area contributed by atoms with Gasteiger partial charge >= 0.3 is 0 Å². The summed E-state index contributed by atoms with van der Waals surface area (Å²) < 4.78 is 5.09. The summed E-state index contributed by atoms with van der Waals surface area (Å²) in [5.74, 6) is -5.36. The van der Waals surface area contributed by atoms with Crippen LogP contribution in [-0.4, -0.2) is 84.0 Å². The van der Waals surface area contributed by atoms with Gasteiger partial charge in [0.05, 0.1) is 5.16 Å². The zero-order chi connectivity index (χ0) is 20.7. The molecular formula is C15H19NO9S. The zero-order valence-electron chi connectivity index (χ0n) is 14.4. The van der Waals surface area contributed by atoms with E-state index in [1.54, 1.807) is 5.16 Å². The standard InChI is InChI=1S/C15H19NO9S/c1-6(17)10(21)11-13(22,7(2)18)15(24,9(4)20)14(23,8(3)19)12(25-11)16-5-26/h6,11-12,17,22-24H,1-4H3/t6?,11-,12-,13-,14+,15+/m1/s1. The van der Waals surface area contributed by atoms with Crippen LogP contribution >= 0.6 is 12.2 Å². The molecule has 4 N–H and O–H groups in total. The highest BCUT2D eigenvalue weighted by atomic mass is 32.1. The number of ketones is 4. The van der Waals surface area contributed by atoms with E-state index in [9.17, 15) is 39.6 Å². The maximum Gasteiger partial charge on any atom is 0.209 e. The first-order valence-corrected chi connectivity index (χ1v) is 7.79. The fraction of sp³-hybridized carbons (Fsp3) is 0.667. The van der Waals surface area contributed by atoms with Crippen molar-refractivity contribution in [1.29, 1.82) is 0 Å². The summed E-state index contributed by atoms with van der Waals surface area (Å²) in [7, 11) is 0. The normalized spacial score (nSPS) is 38.0. The van der Waals surface area contributed by atoms with Gasteiger partial charge in [-0.2, -0.15) is 4.99 Å². The molecule has 1 saturated heterocycles. The number of thiocarbonyl (C=S) groups is 1. The summed E-state index contributed by atoms with van der Waals surface area (Å²) in [6.45, 7) is 3.14. The second-order valence-corrected chi connectivity index (χ2v) is 6.26. The first kappa shape index (κ1) is 22.3. The molecule has 10 nitrogen and oxygen atoms in total. The molecule has 0 aromatic rings. The Bertz CT molecular complexity index is 716. The van der Waals surface area contributed by atoms with E-state index in [1.165, 1.54) is 0 Å². The molecule has 0 aromatic heterocycles. The Kier molecular flexibility index (Phi) is 6.11. The number of hydrogen-bond acceptors (Lipinski definition) is 11. The molecule has 6 atom stereocenters. The quantitative estimate of drug-likeness (QED) is 0.287. The molecule has 1 aliphatic heterocycles. The van der Waals surface area contributed by atoms with Crippen molar-refractivity contribution in [2.75, 3.05) is 0 Å². The molecule has 0 saturated carbocycles. The van der Waals surface area contributed by atoms with Crippen molar-refractivity contribution < 1.29 is 44.3 Å². The van der Waals surface area contributed by atoms with Gasteiger partial charge in [0, 0.05) is 0 Å². The molecule has 0 spiro atoms. The SMILES string of the molecule is CC(=O)[C@]1(O)[C@@](O)(C(C)=O)[C@@H](C(=O)C(C)O)O[C@@H](N=C=S)[C@@]1(O)C(C)=O. The third-order valence-corrected chi connectivity index (χ3v) is 4.63. The second kappa shape index (κ2) is 7.12. The number of carbonyl (C=O) groups excluding carboxylic acids is 4. The van der Waals surface area contributed by atoms with E-state index in [2.05, 4.69) is 17.2 Å². The lowest BCUT2D eigenvalue weighted by atomic mass is 9.60. The Morgan fingerprint density at radius 2 is 1.50 bits per heavy atom. The van der Waals surface area contributed by atoms with Crippen LogP contribution in [0.2, 0.25) is 0 Å². The molecule has 144 valence electrons. The lowest BCUT2D eigenvalue weighted by molar-refractivity contribution is -0.311. The third-order valence-electron chi connectivity index (χ3n) is 4.53. The molecule has 26 heavy (non-hydrogen) atoms. The number of isothiocyanates is 1. The van der Waals surface area contributed by atoms with Crippen LogP contribution < -0.4 is 0 Å². The lowest BCUT2D eigenvalue weighted by Gasteiger charge is -2.56. The first-order valence-electron chi connectivity index (χ1n) is 7.38. The minimum atomic E-state index is -3.52. The summed E-state index contributed by atoms with van der Waals surface area (Å²) in [5.41, 5.74) is -10.2. The van der Waals surface area contributed by atoms with E-state index in [4.69, 9.17) is 4.74 Å². The smallest absolute Gasteiger partial charge is 0.209 e. The van der Waals surface area contributed by atoms with Gasteiger partial charge in [0.1, 0.15) is 6.10 Å². The van der Waals surface area contributed by atoms with Crippen molar-refractivity contribution in [3.8, 4) is 0 Å². The number of nitrogens with zero attached hydrogens (tertiary/aromatic N) is 1. The van der Waals surface area contributed by atoms with Gasteiger partial charge in [-0.3, -0.25) is 19.2 Å². The van der Waals surface area contributed by atoms with Crippen LogP contribution in [0, 0.1) is 0 Å². The lowest BCUT2D eigenvalue weighted by Crippen LogP contribution is -2.86. The van der Waals surface area contributed by atoms with Gasteiger partial charge < -0.3 is 25.2 Å². The molecular weight excluding hydrogens is 370 g/mol. The van der Waals surface area contributed by atoms with Crippen molar-refractivity contribution in [2.24, 2.45) is 4.99 Å². The number of carbonyl (C=O) groups is 4. The van der Waals surface area contributed by atoms with Gasteiger partial charge in [0.15, 0.2) is 41.1 Å². The minimum Gasteiger partial charge on any atom is -0.386 e. The number of hydrogen-bond donors (Lipinski definition) is 4. The Labute approximate surface area is 153 Å². The summed E-state index contributed by atoms with van der Waals surface area (Å²) in [6.07, 6.45) is -6.27. The maximum absolute atomic E-state index is 12.3. The van der Waals surface area contributed by atoms with E-state index in [-0.39, 0.29) is 0 Å². The molecule has 0 radical (unpaired) electrons. The fourth-order valence-corrected chi connectivity index (χ4v) is 3.15. The molecule has 0 bridgehead atoms. The maximum atomic E-state index is 12.3. The highest BCUT2D eigenvalue weighted by molar-refractivity contribution is 7.78. The van der Waals surface area contributed by atoms with Crippen LogP contribution in [0.5, 0.6) is 0 Å². The van der Waals surface area contributed by atoms with E-state index >= 15 is 0 Å². The number of aliphatic hydroxyl groups excluding tert-OH is 1. The monoisotopic (exact) mass is 389 g/mol. The number of ether oxygens (including phenoxy) is 1. The van der Waals surface area contributed by atoms with Crippen LogP contribution in [0.1, 0.15) is 27.7 Å². The van der Waals surface area contributed by atoms with Gasteiger partial charge in [0.25, 0.3) is 0 Å². The molecule has 1 fully saturated rings. The molecule has 0 amide bonds. The van der Waals surface area contributed by atoms with Crippen LogP contribution in [0.3, 0.4) is 0 Å². The van der Waals surface area contributed by atoms with Crippen LogP contribution in [0.4, 0.5) is 0 Å². The Morgan fingerprint density at radius 3 is 1.81 bits per heavy atom. The highest BCUT2D eigenvalue weighted by Gasteiger charge is 2.79. The van der Waals surface area contributed by atoms with Gasteiger partial charge in [-0.1, -0.05) is 0 Å². The van der Waals surface area contributed by atoms with Gasteiger partial charge in [-0.25, -0.2) is 0 Å². The summed E-state index contributed by atoms with van der Waals surface area (Å²) >= 11 is 4.38. The number of Topliss-reactive ketones (excluding diaryl/α,β-unsaturated/α-hetero) is 4. The summed E-state index contributed by atoms with van der Waals surface area (Å²) in [4.78, 5) is 52.2. The van der Waals surface area contributed by atoms with Crippen molar-refractivity contribution in [1.82, 2.24) is 0 Å². The van der Waals surface area contributed by atoms with Gasteiger partial charge in [-0.05, 0) is 39.9 Å². The highest BCUT2D eigenvalue weighted by Crippen LogP contribution is 2.47.